The zero-order valence-electron chi connectivity index (χ0n) is 19.3. The smallest absolute Gasteiger partial charge is 0.326 e. The molecule has 3 rings (SSSR count). The van der Waals surface area contributed by atoms with Crippen molar-refractivity contribution < 1.29 is 23.8 Å². The van der Waals surface area contributed by atoms with Crippen molar-refractivity contribution in [2.45, 2.75) is 59.6 Å². The van der Waals surface area contributed by atoms with Crippen LogP contribution in [-0.4, -0.2) is 34.1 Å². The van der Waals surface area contributed by atoms with Gasteiger partial charge in [0.1, 0.15) is 28.6 Å². The first-order chi connectivity index (χ1) is 15.6. The number of nitrogens with zero attached hydrogens (tertiary/aromatic N) is 1. The number of rotatable bonds is 9. The van der Waals surface area contributed by atoms with Crippen molar-refractivity contribution in [3.05, 3.63) is 45.3 Å². The maximum absolute atomic E-state index is 13.1. The minimum Gasteiger partial charge on any atom is -0.480 e. The van der Waals surface area contributed by atoms with Crippen LogP contribution in [0, 0.1) is 12.8 Å². The molecular formula is C24H28N2O6S. The van der Waals surface area contributed by atoms with Crippen LogP contribution in [0.2, 0.25) is 0 Å². The zero-order chi connectivity index (χ0) is 24.3. The van der Waals surface area contributed by atoms with Crippen molar-refractivity contribution >= 4 is 34.2 Å². The topological polar surface area (TPSA) is 119 Å². The number of carboxylic acids is 1. The molecule has 0 fully saturated rings. The van der Waals surface area contributed by atoms with Crippen molar-refractivity contribution in [2.24, 2.45) is 5.92 Å². The molecule has 0 radical (unpaired) electrons. The third-order valence-corrected chi connectivity index (χ3v) is 6.17. The fourth-order valence-electron chi connectivity index (χ4n) is 3.44. The van der Waals surface area contributed by atoms with Crippen LogP contribution in [-0.2, 0) is 16.0 Å². The summed E-state index contributed by atoms with van der Waals surface area (Å²) in [4.78, 5) is 41.5. The number of benzene rings is 1. The Kier molecular flexibility index (Phi) is 7.53. The molecule has 0 unspecified atom stereocenters. The molecule has 0 spiro atoms. The predicted octanol–water partition coefficient (Wildman–Crippen LogP) is 4.17. The van der Waals surface area contributed by atoms with Gasteiger partial charge in [0.05, 0.1) is 10.9 Å². The van der Waals surface area contributed by atoms with E-state index in [2.05, 4.69) is 10.3 Å². The van der Waals surface area contributed by atoms with Gasteiger partial charge in [0.15, 0.2) is 6.10 Å². The Morgan fingerprint density at radius 1 is 1.27 bits per heavy atom. The summed E-state index contributed by atoms with van der Waals surface area (Å²) in [6.45, 7) is 9.11. The second-order valence-electron chi connectivity index (χ2n) is 8.37. The average molecular weight is 473 g/mol. The molecular weight excluding hydrogens is 444 g/mol. The van der Waals surface area contributed by atoms with Crippen LogP contribution < -0.4 is 15.5 Å². The standard InChI is InChI=1S/C24H28N2O6S/c1-6-15-8-16-20(31-10-17(21(16)27)23-25-13(4)11-33-23)9-19(15)32-14(5)22(28)26-18(24(29)30)7-12(2)3/h8-12,14,18H,6-7H2,1-5H3,(H,26,28)(H,29,30)/t14-,18+/m1/s1. The number of fused-ring (bicyclic) bond motifs is 1. The third kappa shape index (κ3) is 5.60. The molecule has 176 valence electrons. The van der Waals surface area contributed by atoms with Crippen molar-refractivity contribution in [2.75, 3.05) is 0 Å². The highest BCUT2D eigenvalue weighted by Crippen LogP contribution is 2.29. The third-order valence-electron chi connectivity index (χ3n) is 5.18. The first-order valence-electron chi connectivity index (χ1n) is 10.8. The van der Waals surface area contributed by atoms with Crippen LogP contribution in [0.5, 0.6) is 5.75 Å². The first-order valence-corrected chi connectivity index (χ1v) is 11.7. The number of carbonyl (C=O) groups is 2. The SMILES string of the molecule is CCc1cc2c(=O)c(-c3nc(C)cs3)coc2cc1O[C@H](C)C(=O)N[C@@H](CC(C)C)C(=O)O. The number of ether oxygens (including phenoxy) is 1. The van der Waals surface area contributed by atoms with Crippen LogP contribution in [0.3, 0.4) is 0 Å². The van der Waals surface area contributed by atoms with Gasteiger partial charge in [0.25, 0.3) is 5.91 Å². The van der Waals surface area contributed by atoms with E-state index in [1.807, 2.05) is 33.1 Å². The summed E-state index contributed by atoms with van der Waals surface area (Å²) in [5.41, 5.74) is 2.11. The number of aliphatic carboxylic acids is 1. The van der Waals surface area contributed by atoms with E-state index in [1.54, 1.807) is 19.1 Å². The highest BCUT2D eigenvalue weighted by Gasteiger charge is 2.25. The van der Waals surface area contributed by atoms with Gasteiger partial charge in [-0.25, -0.2) is 9.78 Å². The van der Waals surface area contributed by atoms with Crippen LogP contribution >= 0.6 is 11.3 Å². The molecule has 2 heterocycles. The van der Waals surface area contributed by atoms with E-state index < -0.39 is 24.0 Å². The molecule has 2 N–H and O–H groups in total. The fourth-order valence-corrected chi connectivity index (χ4v) is 4.24. The van der Waals surface area contributed by atoms with Crippen LogP contribution in [0.15, 0.2) is 33.0 Å². The number of carbonyl (C=O) groups excluding carboxylic acids is 1. The van der Waals surface area contributed by atoms with Crippen LogP contribution in [0.25, 0.3) is 21.5 Å². The Bertz CT molecular complexity index is 1230. The Morgan fingerprint density at radius 2 is 2.00 bits per heavy atom. The second-order valence-corrected chi connectivity index (χ2v) is 9.23. The van der Waals surface area contributed by atoms with Gasteiger partial charge < -0.3 is 19.6 Å². The number of nitrogens with one attached hydrogen (secondary N) is 1. The molecule has 1 aromatic carbocycles. The van der Waals surface area contributed by atoms with Crippen LogP contribution in [0.1, 0.15) is 45.4 Å². The number of aromatic nitrogens is 1. The van der Waals surface area contributed by atoms with Crippen molar-refractivity contribution in [1.29, 1.82) is 0 Å². The van der Waals surface area contributed by atoms with Gasteiger partial charge in [-0.2, -0.15) is 0 Å². The first kappa shape index (κ1) is 24.4. The van der Waals surface area contributed by atoms with E-state index in [0.717, 1.165) is 11.3 Å². The van der Waals surface area contributed by atoms with Gasteiger partial charge >= 0.3 is 5.97 Å². The Morgan fingerprint density at radius 3 is 2.58 bits per heavy atom. The summed E-state index contributed by atoms with van der Waals surface area (Å²) >= 11 is 1.38. The largest absolute Gasteiger partial charge is 0.480 e. The number of carboxylic acid groups (broad SMARTS) is 1. The zero-order valence-corrected chi connectivity index (χ0v) is 20.1. The van der Waals surface area contributed by atoms with Gasteiger partial charge in [-0.1, -0.05) is 20.8 Å². The molecule has 0 bridgehead atoms. The van der Waals surface area contributed by atoms with E-state index in [9.17, 15) is 19.5 Å². The Balaban J connectivity index is 1.88. The average Bonchev–Trinajstić information content (AvgIpc) is 3.18. The number of hydrogen-bond donors (Lipinski definition) is 2. The number of thiazole rings is 1. The maximum Gasteiger partial charge on any atom is 0.326 e. The number of hydrogen-bond acceptors (Lipinski definition) is 7. The molecule has 0 aliphatic heterocycles. The van der Waals surface area contributed by atoms with Crippen molar-refractivity contribution in [3.63, 3.8) is 0 Å². The summed E-state index contributed by atoms with van der Waals surface area (Å²) in [7, 11) is 0. The molecule has 0 aliphatic rings. The molecule has 33 heavy (non-hydrogen) atoms. The van der Waals surface area contributed by atoms with Gasteiger partial charge in [0.2, 0.25) is 5.43 Å². The minimum absolute atomic E-state index is 0.107. The van der Waals surface area contributed by atoms with E-state index in [4.69, 9.17) is 9.15 Å². The lowest BCUT2D eigenvalue weighted by Crippen LogP contribution is -2.46. The number of amides is 1. The normalized spacial score (nSPS) is 13.2. The van der Waals surface area contributed by atoms with Crippen LogP contribution in [0.4, 0.5) is 0 Å². The van der Waals surface area contributed by atoms with Crippen molar-refractivity contribution in [3.8, 4) is 16.3 Å². The highest BCUT2D eigenvalue weighted by molar-refractivity contribution is 7.13. The fraction of sp³-hybridized carbons (Fsp3) is 0.417. The molecule has 8 nitrogen and oxygen atoms in total. The molecule has 1 amide bonds. The molecule has 9 heteroatoms. The molecule has 0 saturated heterocycles. The summed E-state index contributed by atoms with van der Waals surface area (Å²) in [5, 5.41) is 14.8. The van der Waals surface area contributed by atoms with Gasteiger partial charge in [-0.05, 0) is 44.2 Å². The quantitative estimate of drug-likeness (QED) is 0.480. The predicted molar refractivity (Wildman–Crippen MR) is 127 cm³/mol. The Labute approximate surface area is 195 Å². The highest BCUT2D eigenvalue weighted by atomic mass is 32.1. The van der Waals surface area contributed by atoms with E-state index in [1.165, 1.54) is 17.6 Å². The molecule has 0 saturated carbocycles. The molecule has 3 aromatic rings. The van der Waals surface area contributed by atoms with Gasteiger partial charge in [0, 0.05) is 17.1 Å². The van der Waals surface area contributed by atoms with E-state index >= 15 is 0 Å². The summed E-state index contributed by atoms with van der Waals surface area (Å²) < 4.78 is 11.6. The summed E-state index contributed by atoms with van der Waals surface area (Å²) in [5.74, 6) is -1.10. The lowest BCUT2D eigenvalue weighted by molar-refractivity contribution is -0.143. The van der Waals surface area contributed by atoms with E-state index in [0.29, 0.717) is 40.1 Å². The second kappa shape index (κ2) is 10.2. The Hall–Kier alpha value is -3.20. The molecule has 0 aliphatic carbocycles. The molecule has 2 atom stereocenters. The minimum atomic E-state index is -1.09. The summed E-state index contributed by atoms with van der Waals surface area (Å²) in [6, 6.07) is 2.32. The van der Waals surface area contributed by atoms with E-state index in [-0.39, 0.29) is 11.3 Å². The number of aryl methyl sites for hydroxylation is 2. The lowest BCUT2D eigenvalue weighted by Gasteiger charge is -2.21. The summed E-state index contributed by atoms with van der Waals surface area (Å²) in [6.07, 6.45) is 1.32. The van der Waals surface area contributed by atoms with Gasteiger partial charge in [-0.3, -0.25) is 9.59 Å². The maximum atomic E-state index is 13.1. The van der Waals surface area contributed by atoms with Crippen molar-refractivity contribution in [1.82, 2.24) is 10.3 Å². The monoisotopic (exact) mass is 472 g/mol. The van der Waals surface area contributed by atoms with Gasteiger partial charge in [-0.15, -0.1) is 11.3 Å². The molecule has 2 aromatic heterocycles. The lowest BCUT2D eigenvalue weighted by atomic mass is 10.0.